The first kappa shape index (κ1) is 21.4. The lowest BCUT2D eigenvalue weighted by Crippen LogP contribution is -2.29. The molecular weight excluding hydrogens is 404 g/mol. The molecule has 0 spiro atoms. The maximum Gasteiger partial charge on any atom is 0.278 e. The Hall–Kier alpha value is -3.87. The molecule has 0 unspecified atom stereocenters. The van der Waals surface area contributed by atoms with Crippen molar-refractivity contribution in [2.45, 2.75) is 26.8 Å². The van der Waals surface area contributed by atoms with E-state index in [-0.39, 0.29) is 18.0 Å². The van der Waals surface area contributed by atoms with Gasteiger partial charge in [0, 0.05) is 24.5 Å². The van der Waals surface area contributed by atoms with Gasteiger partial charge in [-0.3, -0.25) is 14.2 Å². The Labute approximate surface area is 186 Å². The summed E-state index contributed by atoms with van der Waals surface area (Å²) in [4.78, 5) is 30.5. The number of hydrogen-bond donors (Lipinski definition) is 1. The number of methoxy groups -OCH3 is 1. The molecule has 1 amide bonds. The third kappa shape index (κ3) is 3.89. The van der Waals surface area contributed by atoms with Crippen LogP contribution in [0, 0.1) is 6.92 Å². The van der Waals surface area contributed by atoms with Crippen LogP contribution in [-0.2, 0) is 24.8 Å². The van der Waals surface area contributed by atoms with Crippen molar-refractivity contribution in [3.63, 3.8) is 0 Å². The Kier molecular flexibility index (Phi) is 5.81. The summed E-state index contributed by atoms with van der Waals surface area (Å²) in [6, 6.07) is 13.5. The zero-order chi connectivity index (χ0) is 22.8. The van der Waals surface area contributed by atoms with Crippen LogP contribution in [0.5, 0.6) is 5.75 Å². The molecule has 7 nitrogen and oxygen atoms in total. The number of carbonyl (C=O) groups excluding carboxylic acids is 1. The number of para-hydroxylation sites is 1. The van der Waals surface area contributed by atoms with E-state index in [4.69, 9.17) is 4.74 Å². The van der Waals surface area contributed by atoms with Crippen molar-refractivity contribution in [2.24, 2.45) is 7.05 Å². The van der Waals surface area contributed by atoms with Gasteiger partial charge >= 0.3 is 0 Å². The van der Waals surface area contributed by atoms with Crippen LogP contribution in [0.2, 0.25) is 0 Å². The average molecular weight is 431 g/mol. The van der Waals surface area contributed by atoms with E-state index in [1.54, 1.807) is 18.7 Å². The number of rotatable bonds is 6. The lowest BCUT2D eigenvalue weighted by atomic mass is 10.1. The summed E-state index contributed by atoms with van der Waals surface area (Å²) in [6.45, 7) is 3.89. The van der Waals surface area contributed by atoms with E-state index in [9.17, 15) is 9.59 Å². The van der Waals surface area contributed by atoms with E-state index in [2.05, 4.69) is 10.3 Å². The quantitative estimate of drug-likeness (QED) is 0.503. The number of nitrogens with zero attached hydrogens (tertiary/aromatic N) is 3. The molecule has 0 radical (unpaired) electrons. The molecule has 0 atom stereocenters. The largest absolute Gasteiger partial charge is 0.497 e. The zero-order valence-corrected chi connectivity index (χ0v) is 18.7. The highest BCUT2D eigenvalue weighted by atomic mass is 16.5. The van der Waals surface area contributed by atoms with Crippen LogP contribution in [0.15, 0.2) is 59.8 Å². The Morgan fingerprint density at radius 2 is 1.97 bits per heavy atom. The average Bonchev–Trinajstić information content (AvgIpc) is 3.14. The van der Waals surface area contributed by atoms with E-state index in [1.165, 1.54) is 10.9 Å². The van der Waals surface area contributed by atoms with Crippen molar-refractivity contribution in [2.75, 3.05) is 12.4 Å². The van der Waals surface area contributed by atoms with Gasteiger partial charge in [0.1, 0.15) is 23.3 Å². The smallest absolute Gasteiger partial charge is 0.278 e. The Morgan fingerprint density at radius 1 is 1.19 bits per heavy atom. The summed E-state index contributed by atoms with van der Waals surface area (Å²) in [6.07, 6.45) is 4.12. The Bertz CT molecular complexity index is 1370. The summed E-state index contributed by atoms with van der Waals surface area (Å²) >= 11 is 0. The van der Waals surface area contributed by atoms with E-state index in [1.807, 2.05) is 62.5 Å². The highest BCUT2D eigenvalue weighted by Crippen LogP contribution is 2.29. The number of nitrogens with one attached hydrogen (secondary N) is 1. The molecule has 0 aliphatic heterocycles. The minimum Gasteiger partial charge on any atom is -0.497 e. The van der Waals surface area contributed by atoms with Gasteiger partial charge in [0.15, 0.2) is 0 Å². The van der Waals surface area contributed by atoms with E-state index in [0.29, 0.717) is 11.0 Å². The second-order valence-corrected chi connectivity index (χ2v) is 7.77. The fraction of sp³-hybridized carbons (Fsp3) is 0.240. The molecule has 0 fully saturated rings. The molecule has 0 bridgehead atoms. The van der Waals surface area contributed by atoms with Crippen molar-refractivity contribution in [3.05, 3.63) is 76.5 Å². The van der Waals surface area contributed by atoms with Gasteiger partial charge in [0.25, 0.3) is 5.56 Å². The van der Waals surface area contributed by atoms with Gasteiger partial charge in [0.05, 0.1) is 13.4 Å². The second-order valence-electron chi connectivity index (χ2n) is 7.77. The predicted octanol–water partition coefficient (Wildman–Crippen LogP) is 3.92. The van der Waals surface area contributed by atoms with E-state index >= 15 is 0 Å². The topological polar surface area (TPSA) is 78.2 Å². The highest BCUT2D eigenvalue weighted by Gasteiger charge is 2.17. The first-order valence-corrected chi connectivity index (χ1v) is 10.5. The standard InChI is InChI=1S/C25H26N4O3/c1-5-17-9-6-8-16(2)22(17)27-21(30)14-29-15-26-23-20(13-28(3)24(23)25(29)31)18-10-7-11-19(12-18)32-4/h6-13,15H,5,14H2,1-4H3,(H,27,30). The van der Waals surface area contributed by atoms with Crippen molar-refractivity contribution >= 4 is 22.6 Å². The fourth-order valence-corrected chi connectivity index (χ4v) is 3.96. The third-order valence-electron chi connectivity index (χ3n) is 5.64. The number of hydrogen-bond acceptors (Lipinski definition) is 4. The minimum atomic E-state index is -0.264. The second kappa shape index (κ2) is 8.70. The van der Waals surface area contributed by atoms with Crippen molar-refractivity contribution < 1.29 is 9.53 Å². The summed E-state index contributed by atoms with van der Waals surface area (Å²) in [5.41, 5.74) is 5.38. The first-order chi connectivity index (χ1) is 15.4. The number of fused-ring (bicyclic) bond motifs is 1. The summed E-state index contributed by atoms with van der Waals surface area (Å²) in [5, 5.41) is 2.96. The normalized spacial score (nSPS) is 11.0. The number of aromatic nitrogens is 3. The van der Waals surface area contributed by atoms with Crippen LogP contribution in [0.3, 0.4) is 0 Å². The number of ether oxygens (including phenoxy) is 1. The zero-order valence-electron chi connectivity index (χ0n) is 18.7. The number of aryl methyl sites for hydroxylation is 3. The van der Waals surface area contributed by atoms with Crippen LogP contribution in [0.4, 0.5) is 5.69 Å². The molecule has 4 rings (SSSR count). The molecule has 164 valence electrons. The molecule has 0 aliphatic rings. The monoisotopic (exact) mass is 430 g/mol. The predicted molar refractivity (Wildman–Crippen MR) is 126 cm³/mol. The van der Waals surface area contributed by atoms with Crippen molar-refractivity contribution in [1.29, 1.82) is 0 Å². The molecule has 0 saturated heterocycles. The lowest BCUT2D eigenvalue weighted by molar-refractivity contribution is -0.116. The fourth-order valence-electron chi connectivity index (χ4n) is 3.96. The van der Waals surface area contributed by atoms with Crippen LogP contribution >= 0.6 is 0 Å². The van der Waals surface area contributed by atoms with Crippen LogP contribution in [-0.4, -0.2) is 27.1 Å². The SMILES string of the molecule is CCc1cccc(C)c1NC(=O)Cn1cnc2c(-c3cccc(OC)c3)cn(C)c2c1=O. The maximum atomic E-state index is 13.2. The van der Waals surface area contributed by atoms with Gasteiger partial charge in [-0.2, -0.15) is 0 Å². The molecule has 2 heterocycles. The molecule has 2 aromatic heterocycles. The van der Waals surface area contributed by atoms with E-state index in [0.717, 1.165) is 40.1 Å². The minimum absolute atomic E-state index is 0.112. The molecule has 7 heteroatoms. The first-order valence-electron chi connectivity index (χ1n) is 10.5. The summed E-state index contributed by atoms with van der Waals surface area (Å²) in [5.74, 6) is 0.464. The van der Waals surface area contributed by atoms with Gasteiger partial charge < -0.3 is 14.6 Å². The van der Waals surface area contributed by atoms with Crippen LogP contribution in [0.25, 0.3) is 22.2 Å². The lowest BCUT2D eigenvalue weighted by Gasteiger charge is -2.13. The summed E-state index contributed by atoms with van der Waals surface area (Å²) < 4.78 is 8.42. The summed E-state index contributed by atoms with van der Waals surface area (Å²) in [7, 11) is 3.42. The van der Waals surface area contributed by atoms with Crippen LogP contribution in [0.1, 0.15) is 18.1 Å². The van der Waals surface area contributed by atoms with Gasteiger partial charge in [-0.05, 0) is 42.2 Å². The molecule has 2 aromatic carbocycles. The Morgan fingerprint density at radius 3 is 2.72 bits per heavy atom. The van der Waals surface area contributed by atoms with Gasteiger partial charge in [-0.1, -0.05) is 37.3 Å². The van der Waals surface area contributed by atoms with Crippen molar-refractivity contribution in [1.82, 2.24) is 14.1 Å². The molecular formula is C25H26N4O3. The maximum absolute atomic E-state index is 13.2. The Balaban J connectivity index is 1.67. The third-order valence-corrected chi connectivity index (χ3v) is 5.64. The van der Waals surface area contributed by atoms with Crippen LogP contribution < -0.4 is 15.6 Å². The molecule has 0 saturated carbocycles. The van der Waals surface area contributed by atoms with E-state index < -0.39 is 0 Å². The molecule has 1 N–H and O–H groups in total. The van der Waals surface area contributed by atoms with Gasteiger partial charge in [-0.25, -0.2) is 4.98 Å². The highest BCUT2D eigenvalue weighted by molar-refractivity contribution is 5.94. The number of carbonyl (C=O) groups is 1. The molecule has 0 aliphatic carbocycles. The number of amides is 1. The van der Waals surface area contributed by atoms with Gasteiger partial charge in [-0.15, -0.1) is 0 Å². The number of anilines is 1. The van der Waals surface area contributed by atoms with Gasteiger partial charge in [0.2, 0.25) is 5.91 Å². The molecule has 4 aromatic rings. The number of benzene rings is 2. The van der Waals surface area contributed by atoms with Crippen molar-refractivity contribution in [3.8, 4) is 16.9 Å². The molecule has 32 heavy (non-hydrogen) atoms.